The van der Waals surface area contributed by atoms with E-state index in [1.165, 1.54) is 0 Å². The van der Waals surface area contributed by atoms with E-state index in [9.17, 15) is 9.59 Å². The molecule has 1 aromatic heterocycles. The fourth-order valence-corrected chi connectivity index (χ4v) is 3.70. The molecule has 1 aliphatic heterocycles. The van der Waals surface area contributed by atoms with Crippen LogP contribution >= 0.6 is 24.8 Å². The fourth-order valence-electron chi connectivity index (χ4n) is 3.70. The van der Waals surface area contributed by atoms with E-state index in [4.69, 9.17) is 10.7 Å². The number of carbonyl (C=O) groups excluding carboxylic acids is 2. The van der Waals surface area contributed by atoms with Crippen molar-refractivity contribution in [3.8, 4) is 0 Å². The molecule has 0 bridgehead atoms. The topological polar surface area (TPSA) is 93.2 Å². The second kappa shape index (κ2) is 10.8. The number of amides is 2. The summed E-state index contributed by atoms with van der Waals surface area (Å²) in [4.78, 5) is 31.5. The summed E-state index contributed by atoms with van der Waals surface area (Å²) in [6.45, 7) is 7.32. The first-order valence-electron chi connectivity index (χ1n) is 9.72. The van der Waals surface area contributed by atoms with Crippen LogP contribution in [0.4, 0.5) is 0 Å². The van der Waals surface area contributed by atoms with Gasteiger partial charge < -0.3 is 20.5 Å². The normalized spacial score (nSPS) is 17.0. The molecule has 0 aliphatic carbocycles. The second-order valence-electron chi connectivity index (χ2n) is 7.44. The maximum atomic E-state index is 12.8. The molecular weight excluding hydrogens is 413 g/mol. The number of carbonyl (C=O) groups is 2. The molecule has 9 heteroatoms. The quantitative estimate of drug-likeness (QED) is 0.717. The van der Waals surface area contributed by atoms with Gasteiger partial charge in [0.25, 0.3) is 0 Å². The van der Waals surface area contributed by atoms with Crippen LogP contribution in [-0.4, -0.2) is 45.4 Å². The van der Waals surface area contributed by atoms with Gasteiger partial charge in [0.2, 0.25) is 11.8 Å². The molecule has 2 heterocycles. The molecule has 0 radical (unpaired) electrons. The molecule has 2 atom stereocenters. The van der Waals surface area contributed by atoms with Crippen molar-refractivity contribution >= 4 is 47.7 Å². The van der Waals surface area contributed by atoms with Crippen molar-refractivity contribution in [2.24, 2.45) is 11.7 Å². The SMILES string of the molecule is CCn1c(C2CCCN2C(=O)CNC(=O)[C@@H](N)C(C)C)nc2ccccc21.Cl.Cl. The highest BCUT2D eigenvalue weighted by atomic mass is 35.5. The van der Waals surface area contributed by atoms with Crippen molar-refractivity contribution in [1.29, 1.82) is 0 Å². The van der Waals surface area contributed by atoms with Gasteiger partial charge >= 0.3 is 0 Å². The van der Waals surface area contributed by atoms with E-state index >= 15 is 0 Å². The van der Waals surface area contributed by atoms with Crippen molar-refractivity contribution < 1.29 is 9.59 Å². The molecule has 1 aliphatic rings. The van der Waals surface area contributed by atoms with E-state index in [2.05, 4.69) is 22.9 Å². The molecule has 7 nitrogen and oxygen atoms in total. The van der Waals surface area contributed by atoms with E-state index < -0.39 is 6.04 Å². The van der Waals surface area contributed by atoms with E-state index in [0.717, 1.165) is 36.2 Å². The number of nitrogens with two attached hydrogens (primary N) is 1. The van der Waals surface area contributed by atoms with Crippen molar-refractivity contribution in [1.82, 2.24) is 19.8 Å². The molecule has 1 unspecified atom stereocenters. The van der Waals surface area contributed by atoms with Gasteiger partial charge in [0, 0.05) is 13.1 Å². The van der Waals surface area contributed by atoms with Gasteiger partial charge in [-0.05, 0) is 37.8 Å². The molecule has 3 rings (SSSR count). The van der Waals surface area contributed by atoms with Crippen LogP contribution in [0.5, 0.6) is 0 Å². The van der Waals surface area contributed by atoms with Gasteiger partial charge in [0.15, 0.2) is 0 Å². The first-order valence-corrected chi connectivity index (χ1v) is 9.72. The fraction of sp³-hybridized carbons (Fsp3) is 0.550. The Morgan fingerprint density at radius 2 is 1.97 bits per heavy atom. The molecule has 0 spiro atoms. The number of rotatable bonds is 6. The summed E-state index contributed by atoms with van der Waals surface area (Å²) in [7, 11) is 0. The first-order chi connectivity index (χ1) is 12.9. The largest absolute Gasteiger partial charge is 0.346 e. The number of nitrogens with zero attached hydrogens (tertiary/aromatic N) is 3. The van der Waals surface area contributed by atoms with E-state index in [1.54, 1.807) is 0 Å². The van der Waals surface area contributed by atoms with Gasteiger partial charge in [-0.25, -0.2) is 4.98 Å². The van der Waals surface area contributed by atoms with E-state index in [1.807, 2.05) is 36.9 Å². The Morgan fingerprint density at radius 1 is 1.28 bits per heavy atom. The molecule has 1 fully saturated rings. The van der Waals surface area contributed by atoms with Crippen LogP contribution in [0.25, 0.3) is 11.0 Å². The second-order valence-corrected chi connectivity index (χ2v) is 7.44. The number of hydrogen-bond donors (Lipinski definition) is 2. The Labute approximate surface area is 184 Å². The zero-order chi connectivity index (χ0) is 19.6. The minimum atomic E-state index is -0.600. The standard InChI is InChI=1S/C20H29N5O2.2ClH/c1-4-24-15-9-6-5-8-14(15)23-19(24)16-10-7-11-25(16)17(26)12-22-20(27)18(21)13(2)3;;/h5-6,8-9,13,16,18H,4,7,10-12,21H2,1-3H3,(H,22,27);2*1H/t16?,18-;;/m0../s1. The van der Waals surface area contributed by atoms with Crippen LogP contribution < -0.4 is 11.1 Å². The minimum Gasteiger partial charge on any atom is -0.346 e. The van der Waals surface area contributed by atoms with Crippen LogP contribution in [-0.2, 0) is 16.1 Å². The number of halogens is 2. The summed E-state index contributed by atoms with van der Waals surface area (Å²) in [6, 6.07) is 7.38. The molecule has 1 aromatic carbocycles. The third-order valence-electron chi connectivity index (χ3n) is 5.31. The highest BCUT2D eigenvalue weighted by molar-refractivity contribution is 5.88. The number of hydrogen-bond acceptors (Lipinski definition) is 4. The van der Waals surface area contributed by atoms with Crippen LogP contribution in [0.1, 0.15) is 45.5 Å². The molecule has 29 heavy (non-hydrogen) atoms. The highest BCUT2D eigenvalue weighted by Crippen LogP contribution is 2.33. The lowest BCUT2D eigenvalue weighted by atomic mass is 10.1. The number of imidazole rings is 1. The summed E-state index contributed by atoms with van der Waals surface area (Å²) in [5.74, 6) is 0.588. The minimum absolute atomic E-state index is 0. The molecule has 2 amide bonds. The van der Waals surface area contributed by atoms with Crippen LogP contribution in [0.3, 0.4) is 0 Å². The number of fused-ring (bicyclic) bond motifs is 1. The zero-order valence-electron chi connectivity index (χ0n) is 17.1. The number of para-hydroxylation sites is 2. The Morgan fingerprint density at radius 3 is 2.62 bits per heavy atom. The molecule has 162 valence electrons. The smallest absolute Gasteiger partial charge is 0.242 e. The van der Waals surface area contributed by atoms with Crippen LogP contribution in [0.2, 0.25) is 0 Å². The summed E-state index contributed by atoms with van der Waals surface area (Å²) < 4.78 is 2.18. The lowest BCUT2D eigenvalue weighted by Crippen LogP contribution is -2.47. The third-order valence-corrected chi connectivity index (χ3v) is 5.31. The van der Waals surface area contributed by atoms with Gasteiger partial charge in [0.1, 0.15) is 5.82 Å². The third kappa shape index (κ3) is 5.21. The predicted molar refractivity (Wildman–Crippen MR) is 119 cm³/mol. The molecule has 2 aromatic rings. The van der Waals surface area contributed by atoms with Gasteiger partial charge in [-0.1, -0.05) is 26.0 Å². The highest BCUT2D eigenvalue weighted by Gasteiger charge is 2.33. The number of aryl methyl sites for hydroxylation is 1. The molecule has 3 N–H and O–H groups in total. The Bertz CT molecular complexity index is 839. The Balaban J connectivity index is 0.00000210. The average molecular weight is 444 g/mol. The lowest BCUT2D eigenvalue weighted by molar-refractivity contribution is -0.134. The average Bonchev–Trinajstić information content (AvgIpc) is 3.28. The van der Waals surface area contributed by atoms with Crippen molar-refractivity contribution in [3.05, 3.63) is 30.1 Å². The first kappa shape index (κ1) is 25.2. The van der Waals surface area contributed by atoms with Crippen molar-refractivity contribution in [2.45, 2.75) is 52.2 Å². The number of likely N-dealkylation sites (tertiary alicyclic amines) is 1. The Hall–Kier alpha value is -1.83. The van der Waals surface area contributed by atoms with E-state index in [-0.39, 0.29) is 55.1 Å². The van der Waals surface area contributed by atoms with E-state index in [0.29, 0.717) is 6.54 Å². The Kier molecular flexibility index (Phi) is 9.39. The van der Waals surface area contributed by atoms with Gasteiger partial charge in [-0.2, -0.15) is 0 Å². The summed E-state index contributed by atoms with van der Waals surface area (Å²) in [5, 5.41) is 2.69. The van der Waals surface area contributed by atoms with Gasteiger partial charge in [-0.15, -0.1) is 24.8 Å². The number of benzene rings is 1. The number of aromatic nitrogens is 2. The maximum Gasteiger partial charge on any atom is 0.242 e. The van der Waals surface area contributed by atoms with Gasteiger partial charge in [0.05, 0.1) is 29.7 Å². The maximum absolute atomic E-state index is 12.8. The zero-order valence-corrected chi connectivity index (χ0v) is 18.8. The predicted octanol–water partition coefficient (Wildman–Crippen LogP) is 2.66. The van der Waals surface area contributed by atoms with Crippen LogP contribution in [0.15, 0.2) is 24.3 Å². The monoisotopic (exact) mass is 443 g/mol. The van der Waals surface area contributed by atoms with Crippen molar-refractivity contribution in [3.63, 3.8) is 0 Å². The molecule has 0 saturated carbocycles. The summed E-state index contributed by atoms with van der Waals surface area (Å²) in [5.41, 5.74) is 7.89. The molecular formula is C20H31Cl2N5O2. The van der Waals surface area contributed by atoms with Crippen molar-refractivity contribution in [2.75, 3.05) is 13.1 Å². The van der Waals surface area contributed by atoms with Gasteiger partial charge in [-0.3, -0.25) is 9.59 Å². The van der Waals surface area contributed by atoms with Crippen LogP contribution in [0, 0.1) is 5.92 Å². The summed E-state index contributed by atoms with van der Waals surface area (Å²) >= 11 is 0. The summed E-state index contributed by atoms with van der Waals surface area (Å²) in [6.07, 6.45) is 1.82. The number of nitrogens with one attached hydrogen (secondary N) is 1. The lowest BCUT2D eigenvalue weighted by Gasteiger charge is -2.25. The molecule has 1 saturated heterocycles.